The van der Waals surface area contributed by atoms with Gasteiger partial charge < -0.3 is 20.0 Å². The van der Waals surface area contributed by atoms with Gasteiger partial charge in [-0.3, -0.25) is 20.0 Å². The number of hydroxylamine groups is 2. The van der Waals surface area contributed by atoms with Gasteiger partial charge in [0.25, 0.3) is 0 Å². The first-order chi connectivity index (χ1) is 29.6. The van der Waals surface area contributed by atoms with Crippen molar-refractivity contribution in [2.75, 3.05) is 95.4 Å². The van der Waals surface area contributed by atoms with Gasteiger partial charge in [0, 0.05) is 89.9 Å². The van der Waals surface area contributed by atoms with Crippen LogP contribution in [-0.4, -0.2) is 149 Å². The van der Waals surface area contributed by atoms with Gasteiger partial charge in [-0.05, 0) is 144 Å². The van der Waals surface area contributed by atoms with Crippen LogP contribution in [0.1, 0.15) is 82.3 Å². The number of piperazine rings is 2. The molecule has 0 aromatic heterocycles. The van der Waals surface area contributed by atoms with Gasteiger partial charge in [0.2, 0.25) is 31.9 Å². The van der Waals surface area contributed by atoms with Crippen LogP contribution in [0.15, 0.2) is 0 Å². The first-order valence-electron chi connectivity index (χ1n) is 22.6. The van der Waals surface area contributed by atoms with Crippen molar-refractivity contribution in [3.05, 3.63) is 55.6 Å². The molecule has 4 heterocycles. The van der Waals surface area contributed by atoms with Crippen molar-refractivity contribution in [1.29, 1.82) is 0 Å². The van der Waals surface area contributed by atoms with E-state index in [1.807, 2.05) is 11.9 Å². The molecule has 4 saturated heterocycles. The predicted molar refractivity (Wildman–Crippen MR) is 249 cm³/mol. The van der Waals surface area contributed by atoms with Crippen molar-refractivity contribution in [3.8, 4) is 0 Å². The third kappa shape index (κ3) is 10.4. The van der Waals surface area contributed by atoms with Gasteiger partial charge in [-0.15, -0.1) is 0 Å². The second-order valence-electron chi connectivity index (χ2n) is 18.2. The van der Waals surface area contributed by atoms with E-state index in [4.69, 9.17) is 10.4 Å². The number of nitrogens with zero attached hydrogens (tertiary/aromatic N) is 5. The molecule has 6 rings (SSSR count). The normalized spacial score (nSPS) is 23.3. The Hall–Kier alpha value is -3.36. The molecule has 18 heteroatoms. The van der Waals surface area contributed by atoms with Crippen LogP contribution in [0.2, 0.25) is 0 Å². The van der Waals surface area contributed by atoms with E-state index in [9.17, 15) is 26.4 Å². The summed E-state index contributed by atoms with van der Waals surface area (Å²) in [6.07, 6.45) is 2.47. The first kappa shape index (κ1) is 50.6. The van der Waals surface area contributed by atoms with Crippen LogP contribution in [0, 0.1) is 67.2 Å². The molecule has 0 saturated carbocycles. The number of hydrogen-bond donors (Lipinski definition) is 5. The van der Waals surface area contributed by atoms with Crippen LogP contribution >= 0.6 is 0 Å². The van der Waals surface area contributed by atoms with Crippen molar-refractivity contribution in [1.82, 2.24) is 29.8 Å². The summed E-state index contributed by atoms with van der Waals surface area (Å²) in [5, 5.41) is 19.6. The average Bonchev–Trinajstić information content (AvgIpc) is 3.28. The number of rotatable bonds is 10. The molecule has 354 valence electrons. The monoisotopic (exact) mass is 919 g/mol. The van der Waals surface area contributed by atoms with E-state index in [-0.39, 0.29) is 12.8 Å². The molecule has 5 N–H and O–H groups in total. The number of benzene rings is 2. The molecule has 4 atom stereocenters. The lowest BCUT2D eigenvalue weighted by Crippen LogP contribution is -2.56. The summed E-state index contributed by atoms with van der Waals surface area (Å²) in [6.45, 7) is 27.6. The number of amides is 2. The molecule has 0 spiro atoms. The zero-order valence-corrected chi connectivity index (χ0v) is 41.2. The summed E-state index contributed by atoms with van der Waals surface area (Å²) in [5.41, 5.74) is 19.1. The minimum absolute atomic E-state index is 0.219. The van der Waals surface area contributed by atoms with E-state index in [2.05, 4.69) is 84.4 Å². The number of nitrogens with one attached hydrogen (secondary N) is 3. The standard InChI is InChI=1S/C23H38N4O4S.C22H36N4O4S/c1-7-21-15(2)17(4)22(18(5)16(21)3)26-8-10-27(11-9-26)32(30,31)20-12-19(23(28)24-29)13-25(6)14-20;1-6-20-14(2)16(4)21(17(5)15(20)3)25-7-9-26(10-8-25)31(29,30)19-11-18(12-23-13-19)22(27)24-28/h19-20,29H,7-14H2,1-6H3,(H,24,28);18-19,23,28H,6-13H2,1-5H3,(H,24,27). The van der Waals surface area contributed by atoms with Gasteiger partial charge in [-0.2, -0.15) is 8.61 Å². The van der Waals surface area contributed by atoms with E-state index in [1.54, 1.807) is 19.6 Å². The number of piperidine rings is 2. The highest BCUT2D eigenvalue weighted by Crippen LogP contribution is 2.37. The average molecular weight is 919 g/mol. The Balaban J connectivity index is 0.000000238. The van der Waals surface area contributed by atoms with Gasteiger partial charge in [0.1, 0.15) is 0 Å². The van der Waals surface area contributed by atoms with Crippen LogP contribution in [0.5, 0.6) is 0 Å². The fourth-order valence-corrected chi connectivity index (χ4v) is 14.6. The van der Waals surface area contributed by atoms with Gasteiger partial charge >= 0.3 is 0 Å². The van der Waals surface area contributed by atoms with Crippen LogP contribution < -0.4 is 26.1 Å². The molecule has 0 aliphatic carbocycles. The molecule has 4 aliphatic rings. The lowest BCUT2D eigenvalue weighted by molar-refractivity contribution is -0.135. The van der Waals surface area contributed by atoms with Crippen LogP contribution in [0.25, 0.3) is 0 Å². The summed E-state index contributed by atoms with van der Waals surface area (Å²) in [7, 11) is -5.26. The molecule has 63 heavy (non-hydrogen) atoms. The van der Waals surface area contributed by atoms with Gasteiger partial charge in [-0.1, -0.05) is 13.8 Å². The third-order valence-corrected chi connectivity index (χ3v) is 19.3. The molecule has 0 radical (unpaired) electrons. The molecule has 2 aromatic carbocycles. The van der Waals surface area contributed by atoms with Crippen molar-refractivity contribution in [3.63, 3.8) is 0 Å². The number of carbonyl (C=O) groups excluding carboxylic acids is 2. The van der Waals surface area contributed by atoms with Crippen LogP contribution in [-0.2, 0) is 42.5 Å². The molecule has 2 aromatic rings. The number of hydrogen-bond acceptors (Lipinski definition) is 12. The van der Waals surface area contributed by atoms with E-state index < -0.39 is 54.2 Å². The highest BCUT2D eigenvalue weighted by atomic mass is 32.2. The zero-order valence-electron chi connectivity index (χ0n) is 39.5. The Labute approximate surface area is 376 Å². The fourth-order valence-electron chi connectivity index (χ4n) is 10.7. The minimum atomic E-state index is -3.54. The van der Waals surface area contributed by atoms with Crippen molar-refractivity contribution in [2.24, 2.45) is 11.8 Å². The van der Waals surface area contributed by atoms with Crippen LogP contribution in [0.4, 0.5) is 11.4 Å². The number of anilines is 2. The summed E-state index contributed by atoms with van der Waals surface area (Å²) >= 11 is 0. The highest BCUT2D eigenvalue weighted by molar-refractivity contribution is 7.90. The summed E-state index contributed by atoms with van der Waals surface area (Å²) in [6, 6.07) is 0. The molecule has 4 fully saturated rings. The zero-order chi connectivity index (χ0) is 46.7. The fraction of sp³-hybridized carbons (Fsp3) is 0.689. The maximum absolute atomic E-state index is 13.4. The molecule has 4 aliphatic heterocycles. The van der Waals surface area contributed by atoms with Crippen molar-refractivity contribution < 1.29 is 36.8 Å². The van der Waals surface area contributed by atoms with E-state index >= 15 is 0 Å². The minimum Gasteiger partial charge on any atom is -0.368 e. The number of carbonyl (C=O) groups is 2. The summed E-state index contributed by atoms with van der Waals surface area (Å²) < 4.78 is 56.4. The molecule has 2 amide bonds. The van der Waals surface area contributed by atoms with Crippen molar-refractivity contribution >= 4 is 43.2 Å². The van der Waals surface area contributed by atoms with E-state index in [0.29, 0.717) is 78.5 Å². The SMILES string of the molecule is CCc1c(C)c(C)c(N2CCN(S(=O)(=O)C3CC(C(=O)NO)CN(C)C3)CC2)c(C)c1C.CCc1c(C)c(C)c(N2CCN(S(=O)(=O)C3CNCC(C(=O)NO)C3)CC2)c(C)c1C. The maximum Gasteiger partial charge on any atom is 0.247 e. The molecule has 16 nitrogen and oxygen atoms in total. The summed E-state index contributed by atoms with van der Waals surface area (Å²) in [5.74, 6) is -2.14. The van der Waals surface area contributed by atoms with E-state index in [1.165, 1.54) is 67.0 Å². The second kappa shape index (κ2) is 20.9. The molecular weight excluding hydrogens is 845 g/mol. The van der Waals surface area contributed by atoms with Gasteiger partial charge in [-0.25, -0.2) is 27.8 Å². The Bertz CT molecular complexity index is 2160. The van der Waals surface area contributed by atoms with E-state index in [0.717, 1.165) is 12.8 Å². The smallest absolute Gasteiger partial charge is 0.247 e. The third-order valence-electron chi connectivity index (χ3n) is 14.7. The highest BCUT2D eigenvalue weighted by Gasteiger charge is 2.42. The largest absolute Gasteiger partial charge is 0.368 e. The Morgan fingerprint density at radius 2 is 0.921 bits per heavy atom. The Morgan fingerprint density at radius 3 is 1.30 bits per heavy atom. The van der Waals surface area contributed by atoms with Gasteiger partial charge in [0.15, 0.2) is 0 Å². The second-order valence-corrected chi connectivity index (χ2v) is 22.6. The Morgan fingerprint density at radius 1 is 0.556 bits per heavy atom. The molecule has 4 unspecified atom stereocenters. The lowest BCUT2D eigenvalue weighted by Gasteiger charge is -2.41. The maximum atomic E-state index is 13.4. The predicted octanol–water partition coefficient (Wildman–Crippen LogP) is 3.18. The molecular formula is C45H74N8O8S2. The van der Waals surface area contributed by atoms with Gasteiger partial charge in [0.05, 0.1) is 22.3 Å². The summed E-state index contributed by atoms with van der Waals surface area (Å²) in [4.78, 5) is 30.2. The number of likely N-dealkylation sites (tertiary alicyclic amines) is 1. The lowest BCUT2D eigenvalue weighted by atomic mass is 9.90. The first-order valence-corrected chi connectivity index (χ1v) is 25.6. The quantitative estimate of drug-likeness (QED) is 0.173. The van der Waals surface area contributed by atoms with Crippen LogP contribution in [0.3, 0.4) is 0 Å². The van der Waals surface area contributed by atoms with Crippen molar-refractivity contribution in [2.45, 2.75) is 105 Å². The topological polar surface area (TPSA) is 195 Å². The number of sulfonamides is 2. The molecule has 0 bridgehead atoms. The Kier molecular flexibility index (Phi) is 16.8.